The summed E-state index contributed by atoms with van der Waals surface area (Å²) in [6.07, 6.45) is 0.770. The fourth-order valence-corrected chi connectivity index (χ4v) is 2.20. The zero-order valence-corrected chi connectivity index (χ0v) is 11.9. The second-order valence-corrected chi connectivity index (χ2v) is 4.44. The van der Waals surface area contributed by atoms with Gasteiger partial charge in [0.25, 0.3) is 0 Å². The van der Waals surface area contributed by atoms with Crippen molar-refractivity contribution in [1.29, 1.82) is 0 Å². The number of anilines is 2. The van der Waals surface area contributed by atoms with E-state index in [0.717, 1.165) is 28.6 Å². The van der Waals surface area contributed by atoms with E-state index in [4.69, 9.17) is 20.9 Å². The van der Waals surface area contributed by atoms with Crippen molar-refractivity contribution in [3.05, 3.63) is 16.8 Å². The summed E-state index contributed by atoms with van der Waals surface area (Å²) in [5.74, 6) is 0.473. The molecule has 0 aliphatic rings. The molecule has 0 aliphatic heterocycles. The van der Waals surface area contributed by atoms with E-state index >= 15 is 0 Å². The Morgan fingerprint density at radius 1 is 1.15 bits per heavy atom. The van der Waals surface area contributed by atoms with Crippen molar-refractivity contribution in [3.8, 4) is 0 Å². The molecule has 0 fully saturated rings. The number of nitrogens with zero attached hydrogens (tertiary/aromatic N) is 3. The molecule has 0 saturated carbocycles. The Morgan fingerprint density at radius 2 is 1.90 bits per heavy atom. The molecule has 0 bridgehead atoms. The Hall–Kier alpha value is -1.99. The zero-order chi connectivity index (χ0) is 14.7. The van der Waals surface area contributed by atoms with Crippen LogP contribution in [0.25, 0.3) is 11.0 Å². The first-order valence-corrected chi connectivity index (χ1v) is 6.36. The predicted molar refractivity (Wildman–Crippen MR) is 76.9 cm³/mol. The second-order valence-electron chi connectivity index (χ2n) is 4.44. The first kappa shape index (κ1) is 14.4. The number of ether oxygens (including phenoxy) is 2. The first-order chi connectivity index (χ1) is 9.58. The highest BCUT2D eigenvalue weighted by Crippen LogP contribution is 2.27. The molecule has 2 rings (SSSR count). The van der Waals surface area contributed by atoms with E-state index in [1.54, 1.807) is 7.11 Å². The molecule has 2 aromatic heterocycles. The number of nitrogen functional groups attached to an aromatic ring is 2. The van der Waals surface area contributed by atoms with Gasteiger partial charge in [0.05, 0.1) is 12.0 Å². The van der Waals surface area contributed by atoms with Crippen LogP contribution in [0.15, 0.2) is 0 Å². The monoisotopic (exact) mass is 277 g/mol. The lowest BCUT2D eigenvalue weighted by Gasteiger charge is -2.14. The minimum atomic E-state index is 0.132. The maximum Gasteiger partial charge on any atom is 0.224 e. The topological polar surface area (TPSA) is 109 Å². The SMILES string of the molecule is CCc1nc2nc(N)nc(N)c2c(C)c1COCOC. The molecule has 0 unspecified atom stereocenters. The molecular formula is C13H19N5O2. The molecule has 0 amide bonds. The Bertz CT molecular complexity index is 630. The number of hydrogen-bond donors (Lipinski definition) is 2. The van der Waals surface area contributed by atoms with Crippen molar-refractivity contribution < 1.29 is 9.47 Å². The molecule has 108 valence electrons. The number of aromatic nitrogens is 3. The smallest absolute Gasteiger partial charge is 0.224 e. The largest absolute Gasteiger partial charge is 0.383 e. The Morgan fingerprint density at radius 3 is 2.55 bits per heavy atom. The van der Waals surface area contributed by atoms with Crippen molar-refractivity contribution >= 4 is 22.8 Å². The van der Waals surface area contributed by atoms with Crippen molar-refractivity contribution in [2.75, 3.05) is 25.4 Å². The lowest BCUT2D eigenvalue weighted by molar-refractivity contribution is -0.0394. The highest BCUT2D eigenvalue weighted by Gasteiger charge is 2.15. The van der Waals surface area contributed by atoms with Gasteiger partial charge in [0.1, 0.15) is 12.6 Å². The summed E-state index contributed by atoms with van der Waals surface area (Å²) in [4.78, 5) is 12.7. The van der Waals surface area contributed by atoms with Crippen molar-refractivity contribution in [2.45, 2.75) is 26.9 Å². The van der Waals surface area contributed by atoms with E-state index in [0.29, 0.717) is 18.1 Å². The molecule has 0 spiro atoms. The first-order valence-electron chi connectivity index (χ1n) is 6.36. The van der Waals surface area contributed by atoms with Crippen LogP contribution in [0.4, 0.5) is 11.8 Å². The van der Waals surface area contributed by atoms with Gasteiger partial charge in [-0.05, 0) is 18.9 Å². The predicted octanol–water partition coefficient (Wildman–Crippen LogP) is 1.18. The average molecular weight is 277 g/mol. The summed E-state index contributed by atoms with van der Waals surface area (Å²) in [5.41, 5.74) is 15.0. The van der Waals surface area contributed by atoms with Crippen LogP contribution in [0.2, 0.25) is 0 Å². The number of hydrogen-bond acceptors (Lipinski definition) is 7. The van der Waals surface area contributed by atoms with Gasteiger partial charge in [-0.2, -0.15) is 9.97 Å². The molecule has 20 heavy (non-hydrogen) atoms. The molecule has 2 heterocycles. The van der Waals surface area contributed by atoms with Crippen LogP contribution in [0.5, 0.6) is 0 Å². The third-order valence-electron chi connectivity index (χ3n) is 3.13. The number of methoxy groups -OCH3 is 1. The zero-order valence-electron chi connectivity index (χ0n) is 11.9. The molecule has 7 nitrogen and oxygen atoms in total. The average Bonchev–Trinajstić information content (AvgIpc) is 2.40. The van der Waals surface area contributed by atoms with Crippen molar-refractivity contribution in [3.63, 3.8) is 0 Å². The highest BCUT2D eigenvalue weighted by molar-refractivity contribution is 5.90. The normalized spacial score (nSPS) is 11.2. The molecule has 0 aliphatic carbocycles. The van der Waals surface area contributed by atoms with Gasteiger partial charge in [-0.25, -0.2) is 4.98 Å². The van der Waals surface area contributed by atoms with Crippen molar-refractivity contribution in [2.24, 2.45) is 0 Å². The third kappa shape index (κ3) is 2.63. The van der Waals surface area contributed by atoms with Crippen molar-refractivity contribution in [1.82, 2.24) is 15.0 Å². The molecule has 0 saturated heterocycles. The molecule has 4 N–H and O–H groups in total. The summed E-state index contributed by atoms with van der Waals surface area (Å²) in [6, 6.07) is 0. The fourth-order valence-electron chi connectivity index (χ4n) is 2.20. The maximum atomic E-state index is 5.94. The van der Waals surface area contributed by atoms with Gasteiger partial charge in [-0.3, -0.25) is 0 Å². The lowest BCUT2D eigenvalue weighted by atomic mass is 10.0. The van der Waals surface area contributed by atoms with Crippen LogP contribution in [0.3, 0.4) is 0 Å². The van der Waals surface area contributed by atoms with Crippen LogP contribution in [-0.2, 0) is 22.5 Å². The van der Waals surface area contributed by atoms with Gasteiger partial charge in [0, 0.05) is 18.4 Å². The van der Waals surface area contributed by atoms with Gasteiger partial charge < -0.3 is 20.9 Å². The Labute approximate surface area is 117 Å². The molecule has 0 atom stereocenters. The van der Waals surface area contributed by atoms with Crippen LogP contribution in [-0.4, -0.2) is 28.9 Å². The van der Waals surface area contributed by atoms with Gasteiger partial charge in [-0.1, -0.05) is 6.92 Å². The summed E-state index contributed by atoms with van der Waals surface area (Å²) < 4.78 is 10.3. The maximum absolute atomic E-state index is 5.94. The van der Waals surface area contributed by atoms with E-state index in [9.17, 15) is 0 Å². The van der Waals surface area contributed by atoms with E-state index in [1.165, 1.54) is 0 Å². The van der Waals surface area contributed by atoms with E-state index in [1.807, 2.05) is 13.8 Å². The van der Waals surface area contributed by atoms with Crippen LogP contribution in [0.1, 0.15) is 23.7 Å². The Balaban J connectivity index is 2.58. The van der Waals surface area contributed by atoms with E-state index in [2.05, 4.69) is 15.0 Å². The summed E-state index contributed by atoms with van der Waals surface area (Å²) in [6.45, 7) is 4.63. The van der Waals surface area contributed by atoms with Crippen LogP contribution >= 0.6 is 0 Å². The molecular weight excluding hydrogens is 258 g/mol. The molecule has 2 aromatic rings. The summed E-state index contributed by atoms with van der Waals surface area (Å²) >= 11 is 0. The quantitative estimate of drug-likeness (QED) is 0.623. The second kappa shape index (κ2) is 5.98. The molecule has 0 radical (unpaired) electrons. The van der Waals surface area contributed by atoms with Gasteiger partial charge >= 0.3 is 0 Å². The fraction of sp³-hybridized carbons (Fsp3) is 0.462. The van der Waals surface area contributed by atoms with Crippen LogP contribution in [0, 0.1) is 6.92 Å². The molecule has 0 aromatic carbocycles. The van der Waals surface area contributed by atoms with Gasteiger partial charge in [0.2, 0.25) is 5.95 Å². The van der Waals surface area contributed by atoms with Crippen LogP contribution < -0.4 is 11.5 Å². The minimum absolute atomic E-state index is 0.132. The van der Waals surface area contributed by atoms with E-state index in [-0.39, 0.29) is 12.7 Å². The number of rotatable bonds is 5. The van der Waals surface area contributed by atoms with Gasteiger partial charge in [-0.15, -0.1) is 0 Å². The number of nitrogens with two attached hydrogens (primary N) is 2. The third-order valence-corrected chi connectivity index (χ3v) is 3.13. The number of pyridine rings is 1. The number of fused-ring (bicyclic) bond motifs is 1. The standard InChI is InChI=1S/C13H19N5O2/c1-4-9-8(5-20-6-19-3)7(2)10-11(14)17-13(15)18-12(10)16-9/h4-6H2,1-3H3,(H4,14,15,16,17,18). The minimum Gasteiger partial charge on any atom is -0.383 e. The summed E-state index contributed by atoms with van der Waals surface area (Å²) in [5, 5.41) is 0.729. The number of aryl methyl sites for hydroxylation is 2. The van der Waals surface area contributed by atoms with Gasteiger partial charge in [0.15, 0.2) is 5.65 Å². The summed E-state index contributed by atoms with van der Waals surface area (Å²) in [7, 11) is 1.58. The van der Waals surface area contributed by atoms with E-state index < -0.39 is 0 Å². The lowest BCUT2D eigenvalue weighted by Crippen LogP contribution is -2.09. The highest BCUT2D eigenvalue weighted by atomic mass is 16.7. The Kier molecular flexibility index (Phi) is 4.31. The molecule has 7 heteroatoms.